The van der Waals surface area contributed by atoms with Gasteiger partial charge in [-0.2, -0.15) is 17.5 Å². The number of thioether (sulfide) groups is 1. The summed E-state index contributed by atoms with van der Waals surface area (Å²) in [6, 6.07) is 12.4. The second kappa shape index (κ2) is 8.95. The van der Waals surface area contributed by atoms with Crippen LogP contribution in [0.2, 0.25) is 0 Å². The second-order valence-corrected chi connectivity index (χ2v) is 9.73. The van der Waals surface area contributed by atoms with Crippen LogP contribution in [0.1, 0.15) is 5.56 Å². The van der Waals surface area contributed by atoms with Crippen LogP contribution in [0.25, 0.3) is 0 Å². The minimum atomic E-state index is -4.41. The molecule has 1 heterocycles. The lowest BCUT2D eigenvalue weighted by atomic mass is 10.2. The van der Waals surface area contributed by atoms with Crippen LogP contribution in [0.15, 0.2) is 58.3 Å². The number of hydrogen-bond acceptors (Lipinski definition) is 5. The number of morpholine rings is 1. The van der Waals surface area contributed by atoms with E-state index in [1.807, 2.05) is 24.3 Å². The van der Waals surface area contributed by atoms with Crippen LogP contribution < -0.4 is 4.90 Å². The summed E-state index contributed by atoms with van der Waals surface area (Å²) < 4.78 is 69.2. The van der Waals surface area contributed by atoms with Crippen molar-refractivity contribution in [3.05, 3.63) is 54.1 Å². The summed E-state index contributed by atoms with van der Waals surface area (Å²) in [4.78, 5) is 2.10. The van der Waals surface area contributed by atoms with Crippen LogP contribution in [0, 0.1) is 0 Å². The van der Waals surface area contributed by atoms with Crippen LogP contribution in [0.3, 0.4) is 0 Å². The topological polar surface area (TPSA) is 49.9 Å². The Hall–Kier alpha value is -1.75. The van der Waals surface area contributed by atoms with Gasteiger partial charge in [-0.3, -0.25) is 0 Å². The number of sulfonamides is 1. The van der Waals surface area contributed by atoms with Crippen LogP contribution >= 0.6 is 11.8 Å². The Balaban J connectivity index is 1.66. The lowest BCUT2D eigenvalue weighted by Crippen LogP contribution is -2.36. The highest BCUT2D eigenvalue weighted by atomic mass is 32.2. The first-order chi connectivity index (χ1) is 13.6. The number of halogens is 3. The van der Waals surface area contributed by atoms with E-state index in [4.69, 9.17) is 4.74 Å². The van der Waals surface area contributed by atoms with Crippen molar-refractivity contribution in [1.29, 1.82) is 0 Å². The molecule has 158 valence electrons. The fraction of sp³-hybridized carbons (Fsp3) is 0.368. The first-order valence-corrected chi connectivity index (χ1v) is 11.1. The molecule has 0 atom stereocenters. The third-order valence-electron chi connectivity index (χ3n) is 4.48. The molecule has 0 aromatic heterocycles. The third kappa shape index (κ3) is 5.88. The molecule has 0 aliphatic carbocycles. The molecular formula is C19H21F3N2O3S2. The molecule has 1 aliphatic heterocycles. The van der Waals surface area contributed by atoms with Crippen LogP contribution in [0.5, 0.6) is 0 Å². The maximum Gasteiger partial charge on any atom is 0.446 e. The number of ether oxygens (including phenoxy) is 1. The fourth-order valence-electron chi connectivity index (χ4n) is 2.97. The van der Waals surface area contributed by atoms with Gasteiger partial charge in [0.15, 0.2) is 0 Å². The number of rotatable bonds is 6. The summed E-state index contributed by atoms with van der Waals surface area (Å²) >= 11 is -0.276. The van der Waals surface area contributed by atoms with E-state index < -0.39 is 15.5 Å². The minimum absolute atomic E-state index is 0.0449. The van der Waals surface area contributed by atoms with Gasteiger partial charge in [0.1, 0.15) is 0 Å². The first-order valence-electron chi connectivity index (χ1n) is 8.89. The summed E-state index contributed by atoms with van der Waals surface area (Å²) in [5, 5.41) is 0. The van der Waals surface area contributed by atoms with E-state index in [2.05, 4.69) is 4.90 Å². The molecule has 3 rings (SSSR count). The largest absolute Gasteiger partial charge is 0.446 e. The fourth-order valence-corrected chi connectivity index (χ4v) is 4.67. The average molecular weight is 447 g/mol. The Labute approximate surface area is 172 Å². The van der Waals surface area contributed by atoms with Gasteiger partial charge in [-0.05, 0) is 53.7 Å². The molecule has 29 heavy (non-hydrogen) atoms. The van der Waals surface area contributed by atoms with Crippen molar-refractivity contribution >= 4 is 27.5 Å². The molecule has 1 fully saturated rings. The number of alkyl halides is 3. The Morgan fingerprint density at radius 2 is 1.62 bits per heavy atom. The van der Waals surface area contributed by atoms with Gasteiger partial charge in [0.05, 0.1) is 18.1 Å². The molecule has 0 amide bonds. The Kier molecular flexibility index (Phi) is 6.77. The summed E-state index contributed by atoms with van der Waals surface area (Å²) in [6.45, 7) is 3.16. The molecule has 2 aromatic carbocycles. The van der Waals surface area contributed by atoms with E-state index in [9.17, 15) is 21.6 Å². The van der Waals surface area contributed by atoms with E-state index in [1.165, 1.54) is 23.5 Å². The van der Waals surface area contributed by atoms with Gasteiger partial charge in [-0.25, -0.2) is 8.42 Å². The smallest absolute Gasteiger partial charge is 0.378 e. The lowest BCUT2D eigenvalue weighted by Gasteiger charge is -2.29. The van der Waals surface area contributed by atoms with E-state index in [0.29, 0.717) is 13.2 Å². The van der Waals surface area contributed by atoms with Gasteiger partial charge in [0, 0.05) is 37.3 Å². The Morgan fingerprint density at radius 3 is 2.17 bits per heavy atom. The van der Waals surface area contributed by atoms with E-state index in [1.54, 1.807) is 0 Å². The molecule has 0 radical (unpaired) electrons. The molecule has 5 nitrogen and oxygen atoms in total. The number of anilines is 1. The predicted molar refractivity (Wildman–Crippen MR) is 106 cm³/mol. The maximum atomic E-state index is 12.7. The molecule has 0 bridgehead atoms. The van der Waals surface area contributed by atoms with Crippen molar-refractivity contribution in [2.45, 2.75) is 21.8 Å². The van der Waals surface area contributed by atoms with Gasteiger partial charge in [-0.1, -0.05) is 12.1 Å². The monoisotopic (exact) mass is 446 g/mol. The zero-order valence-corrected chi connectivity index (χ0v) is 17.4. The van der Waals surface area contributed by atoms with E-state index in [-0.39, 0.29) is 28.1 Å². The Morgan fingerprint density at radius 1 is 1.03 bits per heavy atom. The third-order valence-corrected chi connectivity index (χ3v) is 7.04. The van der Waals surface area contributed by atoms with Crippen molar-refractivity contribution in [3.8, 4) is 0 Å². The standard InChI is InChI=1S/C19H21F3N2O3S2/c1-23(14-15-2-4-16(5-3-15)24-10-12-27-13-11-24)29(25,26)18-8-6-17(7-9-18)28-19(20,21)22/h2-9H,10-14H2,1H3. The Bertz CT molecular complexity index is 911. The molecule has 0 spiro atoms. The summed E-state index contributed by atoms with van der Waals surface area (Å²) in [5.41, 5.74) is -2.54. The molecule has 1 aliphatic rings. The van der Waals surface area contributed by atoms with Crippen molar-refractivity contribution in [2.24, 2.45) is 0 Å². The van der Waals surface area contributed by atoms with Gasteiger partial charge in [0.2, 0.25) is 10.0 Å². The number of nitrogens with zero attached hydrogens (tertiary/aromatic N) is 2. The average Bonchev–Trinajstić information content (AvgIpc) is 2.68. The highest BCUT2D eigenvalue weighted by molar-refractivity contribution is 8.00. The van der Waals surface area contributed by atoms with Crippen molar-refractivity contribution in [2.75, 3.05) is 38.3 Å². The maximum absolute atomic E-state index is 12.7. The van der Waals surface area contributed by atoms with Gasteiger partial charge < -0.3 is 9.64 Å². The molecule has 1 saturated heterocycles. The molecule has 2 aromatic rings. The molecule has 0 unspecified atom stereocenters. The van der Waals surface area contributed by atoms with E-state index >= 15 is 0 Å². The molecular weight excluding hydrogens is 425 g/mol. The molecule has 0 N–H and O–H groups in total. The van der Waals surface area contributed by atoms with Crippen LogP contribution in [0.4, 0.5) is 18.9 Å². The molecule has 0 saturated carbocycles. The second-order valence-electron chi connectivity index (χ2n) is 6.55. The SMILES string of the molecule is CN(Cc1ccc(N2CCOCC2)cc1)S(=O)(=O)c1ccc(SC(F)(F)F)cc1. The predicted octanol–water partition coefficient (Wildman–Crippen LogP) is 3.96. The summed E-state index contributed by atoms with van der Waals surface area (Å²) in [7, 11) is -2.36. The number of hydrogen-bond donors (Lipinski definition) is 0. The van der Waals surface area contributed by atoms with Crippen molar-refractivity contribution in [1.82, 2.24) is 4.31 Å². The first kappa shape index (κ1) is 21.9. The van der Waals surface area contributed by atoms with Crippen molar-refractivity contribution < 1.29 is 26.3 Å². The zero-order valence-electron chi connectivity index (χ0n) is 15.7. The zero-order chi connectivity index (χ0) is 21.1. The minimum Gasteiger partial charge on any atom is -0.378 e. The molecule has 10 heteroatoms. The summed E-state index contributed by atoms with van der Waals surface area (Å²) in [5.74, 6) is 0. The van der Waals surface area contributed by atoms with E-state index in [0.717, 1.165) is 36.5 Å². The normalized spacial score (nSPS) is 15.7. The highest BCUT2D eigenvalue weighted by Gasteiger charge is 2.29. The summed E-state index contributed by atoms with van der Waals surface area (Å²) in [6.07, 6.45) is 0. The number of benzene rings is 2. The lowest BCUT2D eigenvalue weighted by molar-refractivity contribution is -0.0328. The van der Waals surface area contributed by atoms with Crippen LogP contribution in [-0.2, 0) is 21.3 Å². The van der Waals surface area contributed by atoms with Crippen molar-refractivity contribution in [3.63, 3.8) is 0 Å². The van der Waals surface area contributed by atoms with Crippen LogP contribution in [-0.4, -0.2) is 51.6 Å². The van der Waals surface area contributed by atoms with Gasteiger partial charge in [-0.15, -0.1) is 0 Å². The quantitative estimate of drug-likeness (QED) is 0.629. The highest BCUT2D eigenvalue weighted by Crippen LogP contribution is 2.37. The van der Waals surface area contributed by atoms with Gasteiger partial charge >= 0.3 is 5.51 Å². The van der Waals surface area contributed by atoms with Gasteiger partial charge in [0.25, 0.3) is 0 Å².